The Hall–Kier alpha value is -5.87. The van der Waals surface area contributed by atoms with Crippen LogP contribution >= 0.6 is 0 Å². The number of unbranched alkanes of at least 4 members (excludes halogenated alkanes) is 1. The van der Waals surface area contributed by atoms with Crippen LogP contribution in [0.5, 0.6) is 0 Å². The van der Waals surface area contributed by atoms with E-state index in [0.29, 0.717) is 30.7 Å². The average Bonchev–Trinajstić information content (AvgIpc) is 3.11. The number of carboxylic acid groups (broad SMARTS) is 1. The second-order valence-corrected chi connectivity index (χ2v) is 14.4. The summed E-state index contributed by atoms with van der Waals surface area (Å²) in [6, 6.07) is 13.6. The van der Waals surface area contributed by atoms with Crippen LogP contribution in [-0.2, 0) is 36.9 Å². The van der Waals surface area contributed by atoms with E-state index in [1.54, 1.807) is 30.3 Å². The third kappa shape index (κ3) is 13.8. The normalized spacial score (nSPS) is 18.7. The molecule has 17 nitrogen and oxygen atoms in total. The first-order chi connectivity index (χ1) is 26.3. The molecule has 0 heterocycles. The SMILES string of the molecule is NC(=O)[C@H](CCCCNC(=O)OCc1ccccc1)NC(=O)[C@H](Cc1ccccc1)NC(=O)[C@H](CCCN=C(N)N)NC(=O)[C@H](CC12CC(C1)C2)NC(=O)O. The molecule has 55 heavy (non-hydrogen) atoms. The second kappa shape index (κ2) is 20.5. The fourth-order valence-electron chi connectivity index (χ4n) is 7.07. The highest BCUT2D eigenvalue weighted by Gasteiger charge is 2.57. The number of alkyl carbamates (subject to hydrolysis) is 1. The Morgan fingerprint density at radius 2 is 1.29 bits per heavy atom. The van der Waals surface area contributed by atoms with Crippen molar-refractivity contribution in [3.05, 3.63) is 71.8 Å². The van der Waals surface area contributed by atoms with Crippen molar-refractivity contribution in [2.24, 2.45) is 33.5 Å². The van der Waals surface area contributed by atoms with Crippen LogP contribution in [-0.4, -0.2) is 84.1 Å². The number of nitrogens with two attached hydrogens (primary N) is 3. The fourth-order valence-corrected chi connectivity index (χ4v) is 7.07. The fraction of sp³-hybridized carbons (Fsp3) is 0.500. The first-order valence-electron chi connectivity index (χ1n) is 18.6. The van der Waals surface area contributed by atoms with Crippen molar-refractivity contribution in [2.45, 2.75) is 95.0 Å². The first kappa shape index (κ1) is 41.9. The van der Waals surface area contributed by atoms with Crippen molar-refractivity contribution in [3.8, 4) is 0 Å². The maximum Gasteiger partial charge on any atom is 0.407 e. The number of hydrogen-bond acceptors (Lipinski definition) is 8. The summed E-state index contributed by atoms with van der Waals surface area (Å²) in [5.41, 5.74) is 18.0. The third-order valence-electron chi connectivity index (χ3n) is 9.97. The van der Waals surface area contributed by atoms with Gasteiger partial charge in [0.25, 0.3) is 0 Å². The molecule has 0 aliphatic heterocycles. The molecule has 17 heteroatoms. The van der Waals surface area contributed by atoms with E-state index in [-0.39, 0.29) is 56.8 Å². The summed E-state index contributed by atoms with van der Waals surface area (Å²) >= 11 is 0. The molecule has 3 aliphatic carbocycles. The molecule has 0 unspecified atom stereocenters. The van der Waals surface area contributed by atoms with Crippen LogP contribution in [0.4, 0.5) is 9.59 Å². The second-order valence-electron chi connectivity index (χ2n) is 14.4. The number of nitrogens with one attached hydrogen (secondary N) is 5. The Labute approximate surface area is 320 Å². The van der Waals surface area contributed by atoms with E-state index in [1.165, 1.54) is 0 Å². The number of aliphatic imine (C=N–C) groups is 1. The van der Waals surface area contributed by atoms with Gasteiger partial charge in [-0.05, 0) is 80.2 Å². The number of ether oxygens (including phenoxy) is 1. The van der Waals surface area contributed by atoms with Gasteiger partial charge in [-0.15, -0.1) is 0 Å². The number of amides is 6. The highest BCUT2D eigenvalue weighted by atomic mass is 16.5. The summed E-state index contributed by atoms with van der Waals surface area (Å²) in [4.78, 5) is 81.3. The number of nitrogens with zero attached hydrogens (tertiary/aromatic N) is 1. The van der Waals surface area contributed by atoms with E-state index in [9.17, 15) is 33.9 Å². The zero-order valence-corrected chi connectivity index (χ0v) is 30.8. The maximum absolute atomic E-state index is 13.9. The van der Waals surface area contributed by atoms with Gasteiger partial charge >= 0.3 is 12.2 Å². The topological polar surface area (TPSA) is 282 Å². The molecule has 12 N–H and O–H groups in total. The molecule has 0 spiro atoms. The Kier molecular flexibility index (Phi) is 15.6. The number of carbonyl (C=O) groups is 6. The summed E-state index contributed by atoms with van der Waals surface area (Å²) < 4.78 is 5.20. The van der Waals surface area contributed by atoms with Gasteiger partial charge in [-0.2, -0.15) is 0 Å². The van der Waals surface area contributed by atoms with Gasteiger partial charge in [-0.25, -0.2) is 9.59 Å². The van der Waals surface area contributed by atoms with Crippen LogP contribution < -0.4 is 43.8 Å². The molecule has 0 radical (unpaired) electrons. The monoisotopic (exact) mass is 763 g/mol. The Balaban J connectivity index is 1.38. The van der Waals surface area contributed by atoms with Gasteiger partial charge in [-0.3, -0.25) is 24.2 Å². The minimum absolute atomic E-state index is 0.0421. The Morgan fingerprint density at radius 3 is 1.87 bits per heavy atom. The average molecular weight is 764 g/mol. The summed E-state index contributed by atoms with van der Waals surface area (Å²) in [7, 11) is 0. The van der Waals surface area contributed by atoms with Crippen molar-refractivity contribution in [1.82, 2.24) is 26.6 Å². The standard InChI is InChI=1S/C38H53N9O8/c39-31(48)27(14-7-8-16-43-37(54)55-23-25-12-5-2-6-13-25)44-33(50)29(18-24-10-3-1-4-11-24)46-32(49)28(15-9-17-42-35(40)41)45-34(51)30(47-36(52)53)22-38-19-26(20-38)21-38/h1-6,10-13,26-30,47H,7-9,14-23H2,(H2,39,48)(H,43,54)(H,44,50)(H,45,51)(H,46,49)(H,52,53)(H4,40,41,42)/t26?,27-,28-,29-,30-,38?/m0/s1. The zero-order chi connectivity index (χ0) is 39.8. The lowest BCUT2D eigenvalue weighted by atomic mass is 9.43. The molecule has 3 fully saturated rings. The molecule has 5 rings (SSSR count). The van der Waals surface area contributed by atoms with Gasteiger partial charge in [0.1, 0.15) is 30.8 Å². The number of guanidine groups is 1. The van der Waals surface area contributed by atoms with E-state index in [0.717, 1.165) is 24.8 Å². The van der Waals surface area contributed by atoms with Crippen LogP contribution in [0.15, 0.2) is 65.7 Å². The van der Waals surface area contributed by atoms with Gasteiger partial charge in [0.05, 0.1) is 0 Å². The van der Waals surface area contributed by atoms with Crippen molar-refractivity contribution >= 4 is 41.8 Å². The largest absolute Gasteiger partial charge is 0.465 e. The summed E-state index contributed by atoms with van der Waals surface area (Å²) in [5.74, 6) is -2.35. The van der Waals surface area contributed by atoms with Crippen LogP contribution in [0.1, 0.15) is 68.9 Å². The van der Waals surface area contributed by atoms with E-state index in [4.69, 9.17) is 21.9 Å². The first-order valence-corrected chi connectivity index (χ1v) is 18.6. The molecule has 2 aromatic rings. The molecular formula is C38H53N9O8. The molecule has 2 bridgehead atoms. The molecule has 298 valence electrons. The lowest BCUT2D eigenvalue weighted by Gasteiger charge is -2.63. The molecule has 6 amide bonds. The summed E-state index contributed by atoms with van der Waals surface area (Å²) in [5, 5.41) is 22.5. The summed E-state index contributed by atoms with van der Waals surface area (Å²) in [6.45, 7) is 0.542. The minimum atomic E-state index is -1.36. The molecule has 2 aromatic carbocycles. The van der Waals surface area contributed by atoms with E-state index >= 15 is 0 Å². The molecule has 0 saturated heterocycles. The molecule has 0 aromatic heterocycles. The Bertz CT molecular complexity index is 1640. The molecule has 4 atom stereocenters. The van der Waals surface area contributed by atoms with Crippen LogP contribution in [0.25, 0.3) is 0 Å². The molecule has 3 aliphatic rings. The van der Waals surface area contributed by atoms with Crippen LogP contribution in [0.2, 0.25) is 0 Å². The number of benzene rings is 2. The number of primary amides is 1. The molecular weight excluding hydrogens is 710 g/mol. The third-order valence-corrected chi connectivity index (χ3v) is 9.97. The predicted molar refractivity (Wildman–Crippen MR) is 203 cm³/mol. The van der Waals surface area contributed by atoms with E-state index in [1.807, 2.05) is 30.3 Å². The number of rotatable bonds is 23. The highest BCUT2D eigenvalue weighted by molar-refractivity contribution is 5.95. The lowest BCUT2D eigenvalue weighted by Crippen LogP contribution is -2.60. The minimum Gasteiger partial charge on any atom is -0.465 e. The van der Waals surface area contributed by atoms with Gasteiger partial charge in [0.15, 0.2) is 5.96 Å². The number of hydrogen-bond donors (Lipinski definition) is 9. The quantitative estimate of drug-likeness (QED) is 0.0442. The maximum atomic E-state index is 13.9. The van der Waals surface area contributed by atoms with Crippen LogP contribution in [0.3, 0.4) is 0 Å². The van der Waals surface area contributed by atoms with E-state index in [2.05, 4.69) is 31.6 Å². The van der Waals surface area contributed by atoms with E-state index < -0.39 is 60.0 Å². The highest BCUT2D eigenvalue weighted by Crippen LogP contribution is 2.66. The van der Waals surface area contributed by atoms with Crippen molar-refractivity contribution in [1.29, 1.82) is 0 Å². The van der Waals surface area contributed by atoms with Crippen molar-refractivity contribution in [3.63, 3.8) is 0 Å². The lowest BCUT2D eigenvalue weighted by molar-refractivity contribution is -0.139. The van der Waals surface area contributed by atoms with Gasteiger partial charge in [0.2, 0.25) is 23.6 Å². The Morgan fingerprint density at radius 1 is 0.727 bits per heavy atom. The van der Waals surface area contributed by atoms with Crippen molar-refractivity contribution < 1.29 is 38.6 Å². The smallest absolute Gasteiger partial charge is 0.407 e. The number of carbonyl (C=O) groups excluding carboxylic acids is 5. The van der Waals surface area contributed by atoms with Gasteiger partial charge in [-0.1, -0.05) is 60.7 Å². The summed E-state index contributed by atoms with van der Waals surface area (Å²) in [6.07, 6.45) is 2.60. The molecule has 3 saturated carbocycles. The van der Waals surface area contributed by atoms with Crippen LogP contribution in [0, 0.1) is 11.3 Å². The zero-order valence-electron chi connectivity index (χ0n) is 30.8. The van der Waals surface area contributed by atoms with Crippen molar-refractivity contribution in [2.75, 3.05) is 13.1 Å². The van der Waals surface area contributed by atoms with Gasteiger partial charge in [0, 0.05) is 19.5 Å². The predicted octanol–water partition coefficient (Wildman–Crippen LogP) is 1.15. The van der Waals surface area contributed by atoms with Gasteiger partial charge < -0.3 is 53.6 Å².